The summed E-state index contributed by atoms with van der Waals surface area (Å²) in [6.07, 6.45) is 1.49. The van der Waals surface area contributed by atoms with Crippen molar-refractivity contribution in [3.63, 3.8) is 0 Å². The van der Waals surface area contributed by atoms with E-state index in [4.69, 9.17) is 18.9 Å². The number of hydrogen-bond donors (Lipinski definition) is 1. The number of carbonyl (C=O) groups is 1. The lowest BCUT2D eigenvalue weighted by Gasteiger charge is -2.32. The number of rotatable bonds is 13. The fourth-order valence-electron chi connectivity index (χ4n) is 5.54. The van der Waals surface area contributed by atoms with Gasteiger partial charge in [0.05, 0.1) is 27.4 Å². The van der Waals surface area contributed by atoms with Gasteiger partial charge in [-0.3, -0.25) is 4.90 Å². The Labute approximate surface area is 285 Å². The largest absolute Gasteiger partial charge is 0.497 e. The van der Waals surface area contributed by atoms with Gasteiger partial charge in [-0.25, -0.2) is 18.6 Å². The molecule has 1 aliphatic heterocycles. The smallest absolute Gasteiger partial charge is 0.421 e. The summed E-state index contributed by atoms with van der Waals surface area (Å²) >= 11 is 0. The Bertz CT molecular complexity index is 1730. The first-order chi connectivity index (χ1) is 23.6. The summed E-state index contributed by atoms with van der Waals surface area (Å²) < 4.78 is 51.5. The van der Waals surface area contributed by atoms with E-state index in [0.717, 1.165) is 39.1 Å². The van der Waals surface area contributed by atoms with Gasteiger partial charge in [-0.15, -0.1) is 0 Å². The summed E-state index contributed by atoms with van der Waals surface area (Å²) in [5.74, 6) is 0.802. The maximum Gasteiger partial charge on any atom is 0.421 e. The zero-order valence-corrected chi connectivity index (χ0v) is 28.5. The third kappa shape index (κ3) is 9.33. The molecule has 1 aliphatic rings. The number of halogens is 2. The zero-order valence-electron chi connectivity index (χ0n) is 28.5. The highest BCUT2D eigenvalue weighted by atomic mass is 19.1. The first-order valence-electron chi connectivity index (χ1n) is 16.0. The molecule has 1 saturated heterocycles. The SMILES string of the molecule is COc1ccc(OC)c(CN(C(=O)Oc2c(C)cc(F)cc2C)c2ccnc(Nc3ccc(OCCCN4CCN(C)CC4)c(F)c3)n2)c1. The van der Waals surface area contributed by atoms with Crippen molar-refractivity contribution in [2.24, 2.45) is 0 Å². The Morgan fingerprint density at radius 3 is 2.37 bits per heavy atom. The standard InChI is InChI=1S/C36H42F2N6O5/c1-24-19-27(37)20-25(2)34(24)49-36(45)44(23-26-21-29(46-4)8-10-31(26)47-5)33-11-12-39-35(41-33)40-28-7-9-32(30(38)22-28)48-18-6-13-43-16-14-42(3)15-17-43/h7-12,19-22H,6,13-18,23H2,1-5H3,(H,39,40,41). The quantitative estimate of drug-likeness (QED) is 0.161. The molecule has 0 spiro atoms. The second-order valence-electron chi connectivity index (χ2n) is 11.9. The number of aryl methyl sites for hydroxylation is 2. The minimum atomic E-state index is -0.771. The van der Waals surface area contributed by atoms with Gasteiger partial charge >= 0.3 is 6.09 Å². The minimum absolute atomic E-state index is 0.0234. The highest BCUT2D eigenvalue weighted by Gasteiger charge is 2.24. The predicted molar refractivity (Wildman–Crippen MR) is 183 cm³/mol. The summed E-state index contributed by atoms with van der Waals surface area (Å²) in [7, 11) is 5.18. The lowest BCUT2D eigenvalue weighted by Crippen LogP contribution is -2.44. The highest BCUT2D eigenvalue weighted by molar-refractivity contribution is 5.88. The van der Waals surface area contributed by atoms with Gasteiger partial charge in [0.15, 0.2) is 11.6 Å². The predicted octanol–water partition coefficient (Wildman–Crippen LogP) is 6.35. The molecule has 0 aliphatic carbocycles. The maximum atomic E-state index is 15.0. The Morgan fingerprint density at radius 2 is 1.67 bits per heavy atom. The number of amides is 1. The molecule has 4 aromatic rings. The van der Waals surface area contributed by atoms with Gasteiger partial charge in [0.25, 0.3) is 0 Å². The van der Waals surface area contributed by atoms with Crippen molar-refractivity contribution in [1.29, 1.82) is 0 Å². The lowest BCUT2D eigenvalue weighted by molar-refractivity contribution is 0.145. The number of piperazine rings is 1. The molecule has 3 aromatic carbocycles. The summed E-state index contributed by atoms with van der Waals surface area (Å²) in [4.78, 5) is 28.6. The van der Waals surface area contributed by atoms with E-state index in [1.165, 1.54) is 43.5 Å². The van der Waals surface area contributed by atoms with Gasteiger partial charge in [0.2, 0.25) is 5.95 Å². The van der Waals surface area contributed by atoms with Crippen molar-refractivity contribution < 1.29 is 32.5 Å². The van der Waals surface area contributed by atoms with Crippen molar-refractivity contribution in [1.82, 2.24) is 19.8 Å². The molecule has 0 radical (unpaired) electrons. The number of likely N-dealkylation sites (N-methyl/N-ethyl adjacent to an activating group) is 1. The van der Waals surface area contributed by atoms with E-state index in [1.54, 1.807) is 50.2 Å². The number of anilines is 3. The molecule has 13 heteroatoms. The maximum absolute atomic E-state index is 15.0. The molecule has 0 atom stereocenters. The molecule has 49 heavy (non-hydrogen) atoms. The number of benzene rings is 3. The second kappa shape index (κ2) is 16.4. The topological polar surface area (TPSA) is 102 Å². The van der Waals surface area contributed by atoms with Gasteiger partial charge in [0, 0.05) is 56.2 Å². The van der Waals surface area contributed by atoms with Crippen molar-refractivity contribution in [3.8, 4) is 23.0 Å². The molecule has 5 rings (SSSR count). The average molecular weight is 677 g/mol. The molecular formula is C36H42F2N6O5. The summed E-state index contributed by atoms with van der Waals surface area (Å²) in [5.41, 5.74) is 1.92. The normalized spacial score (nSPS) is 13.5. The molecule has 0 saturated carbocycles. The lowest BCUT2D eigenvalue weighted by atomic mass is 10.1. The van der Waals surface area contributed by atoms with E-state index in [9.17, 15) is 9.18 Å². The van der Waals surface area contributed by atoms with Crippen LogP contribution in [0, 0.1) is 25.5 Å². The van der Waals surface area contributed by atoms with Gasteiger partial charge in [0.1, 0.15) is 28.9 Å². The number of aromatic nitrogens is 2. The molecular weight excluding hydrogens is 634 g/mol. The van der Waals surface area contributed by atoms with E-state index < -0.39 is 17.7 Å². The Hall–Kier alpha value is -5.01. The average Bonchev–Trinajstić information content (AvgIpc) is 3.08. The second-order valence-corrected chi connectivity index (χ2v) is 11.9. The van der Waals surface area contributed by atoms with Crippen LogP contribution in [-0.4, -0.2) is 86.5 Å². The first kappa shape index (κ1) is 35.3. The van der Waals surface area contributed by atoms with E-state index in [1.807, 2.05) is 0 Å². The van der Waals surface area contributed by atoms with Crippen LogP contribution in [0.25, 0.3) is 0 Å². The summed E-state index contributed by atoms with van der Waals surface area (Å²) in [6.45, 7) is 8.74. The number of carbonyl (C=O) groups excluding carboxylic acids is 1. The summed E-state index contributed by atoms with van der Waals surface area (Å²) in [5, 5.41) is 3.01. The van der Waals surface area contributed by atoms with Gasteiger partial charge in [-0.1, -0.05) is 0 Å². The first-order valence-corrected chi connectivity index (χ1v) is 16.0. The van der Waals surface area contributed by atoms with Crippen molar-refractivity contribution in [3.05, 3.63) is 89.1 Å². The van der Waals surface area contributed by atoms with Crippen LogP contribution in [0.3, 0.4) is 0 Å². The van der Waals surface area contributed by atoms with Crippen LogP contribution >= 0.6 is 0 Å². The monoisotopic (exact) mass is 676 g/mol. The van der Waals surface area contributed by atoms with Crippen molar-refractivity contribution in [2.75, 3.05) is 70.8 Å². The number of ether oxygens (including phenoxy) is 4. The third-order valence-electron chi connectivity index (χ3n) is 8.23. The van der Waals surface area contributed by atoms with E-state index >= 15 is 4.39 Å². The highest BCUT2D eigenvalue weighted by Crippen LogP contribution is 2.30. The number of hydrogen-bond acceptors (Lipinski definition) is 10. The number of nitrogens with zero attached hydrogens (tertiary/aromatic N) is 5. The van der Waals surface area contributed by atoms with Crippen molar-refractivity contribution in [2.45, 2.75) is 26.8 Å². The Balaban J connectivity index is 1.32. The third-order valence-corrected chi connectivity index (χ3v) is 8.23. The van der Waals surface area contributed by atoms with Gasteiger partial charge in [-0.2, -0.15) is 4.98 Å². The van der Waals surface area contributed by atoms with Crippen LogP contribution in [0.2, 0.25) is 0 Å². The van der Waals surface area contributed by atoms with Crippen LogP contribution in [0.4, 0.5) is 31.0 Å². The molecule has 0 bridgehead atoms. The van der Waals surface area contributed by atoms with Crippen LogP contribution < -0.4 is 29.2 Å². The molecule has 11 nitrogen and oxygen atoms in total. The van der Waals surface area contributed by atoms with Crippen LogP contribution in [0.5, 0.6) is 23.0 Å². The van der Waals surface area contributed by atoms with Crippen LogP contribution in [0.1, 0.15) is 23.1 Å². The molecule has 1 fully saturated rings. The zero-order chi connectivity index (χ0) is 34.9. The van der Waals surface area contributed by atoms with Gasteiger partial charge in [-0.05, 0) is 87.0 Å². The molecule has 1 N–H and O–H groups in total. The fourth-order valence-corrected chi connectivity index (χ4v) is 5.54. The van der Waals surface area contributed by atoms with Crippen LogP contribution in [-0.2, 0) is 6.54 Å². The van der Waals surface area contributed by atoms with Gasteiger partial charge < -0.3 is 34.1 Å². The fraction of sp³-hybridized carbons (Fsp3) is 0.361. The molecule has 1 amide bonds. The summed E-state index contributed by atoms with van der Waals surface area (Å²) in [6, 6.07) is 13.9. The van der Waals surface area contributed by atoms with E-state index in [2.05, 4.69) is 32.1 Å². The number of methoxy groups -OCH3 is 2. The van der Waals surface area contributed by atoms with Crippen molar-refractivity contribution >= 4 is 23.5 Å². The molecule has 2 heterocycles. The molecule has 0 unspecified atom stereocenters. The van der Waals surface area contributed by atoms with E-state index in [0.29, 0.717) is 40.5 Å². The molecule has 1 aromatic heterocycles. The van der Waals surface area contributed by atoms with Crippen LogP contribution in [0.15, 0.2) is 60.8 Å². The Morgan fingerprint density at radius 1 is 0.939 bits per heavy atom. The minimum Gasteiger partial charge on any atom is -0.497 e. The molecule has 260 valence electrons. The number of nitrogens with one attached hydrogen (secondary N) is 1. The Kier molecular flexibility index (Phi) is 11.8. The van der Waals surface area contributed by atoms with E-state index in [-0.39, 0.29) is 29.8 Å².